The van der Waals surface area contributed by atoms with Gasteiger partial charge in [0, 0.05) is 7.05 Å². The molecule has 0 spiro atoms. The molecular formula is C11H12F3NO4. The number of aromatic nitrogens is 1. The fourth-order valence-corrected chi connectivity index (χ4v) is 1.51. The normalized spacial score (nSPS) is 11.3. The summed E-state index contributed by atoms with van der Waals surface area (Å²) in [5.41, 5.74) is -2.85. The van der Waals surface area contributed by atoms with Gasteiger partial charge in [0.1, 0.15) is 11.3 Å². The average molecular weight is 279 g/mol. The molecule has 0 atom stereocenters. The molecule has 0 aliphatic heterocycles. The van der Waals surface area contributed by atoms with E-state index in [4.69, 9.17) is 4.74 Å². The molecule has 1 aromatic rings. The van der Waals surface area contributed by atoms with Gasteiger partial charge in [-0.3, -0.25) is 4.79 Å². The minimum absolute atomic E-state index is 0.0292. The minimum Gasteiger partial charge on any atom is -0.490 e. The second-order valence-corrected chi connectivity index (χ2v) is 3.56. The first-order chi connectivity index (χ1) is 8.73. The standard InChI is InChI=1S/C11H12F3NO4/c1-4-19-10(17)6-5-7(11(12,13)14)15(2)9(16)8(6)18-3/h5H,4H2,1-3H3. The number of carbonyl (C=O) groups excluding carboxylic acids is 1. The Kier molecular flexibility index (Phi) is 4.23. The number of hydrogen-bond acceptors (Lipinski definition) is 4. The molecule has 0 saturated carbocycles. The summed E-state index contributed by atoms with van der Waals surface area (Å²) in [6.07, 6.45) is -4.76. The van der Waals surface area contributed by atoms with E-state index in [1.807, 2.05) is 0 Å². The number of pyridine rings is 1. The van der Waals surface area contributed by atoms with E-state index < -0.39 is 34.7 Å². The largest absolute Gasteiger partial charge is 0.490 e. The summed E-state index contributed by atoms with van der Waals surface area (Å²) < 4.78 is 47.9. The van der Waals surface area contributed by atoms with Crippen LogP contribution in [0.2, 0.25) is 0 Å². The highest BCUT2D eigenvalue weighted by Gasteiger charge is 2.36. The zero-order valence-corrected chi connectivity index (χ0v) is 10.5. The van der Waals surface area contributed by atoms with Gasteiger partial charge in [-0.2, -0.15) is 13.2 Å². The summed E-state index contributed by atoms with van der Waals surface area (Å²) in [6.45, 7) is 1.47. The first-order valence-corrected chi connectivity index (χ1v) is 5.26. The predicted octanol–water partition coefficient (Wildman–Crippen LogP) is 1.59. The lowest BCUT2D eigenvalue weighted by molar-refractivity contribution is -0.143. The van der Waals surface area contributed by atoms with E-state index in [1.54, 1.807) is 0 Å². The Hall–Kier alpha value is -1.99. The molecule has 0 aromatic carbocycles. The van der Waals surface area contributed by atoms with Crippen LogP contribution < -0.4 is 10.3 Å². The monoisotopic (exact) mass is 279 g/mol. The summed E-state index contributed by atoms with van der Waals surface area (Å²) in [5, 5.41) is 0. The van der Waals surface area contributed by atoms with Gasteiger partial charge in [-0.1, -0.05) is 0 Å². The van der Waals surface area contributed by atoms with Crippen LogP contribution in [0.25, 0.3) is 0 Å². The summed E-state index contributed by atoms with van der Waals surface area (Å²) >= 11 is 0. The molecule has 1 aromatic heterocycles. The SMILES string of the molecule is CCOC(=O)c1cc(C(F)(F)F)n(C)c(=O)c1OC. The van der Waals surface area contributed by atoms with Crippen LogP contribution in [-0.2, 0) is 18.0 Å². The molecule has 0 radical (unpaired) electrons. The molecule has 106 valence electrons. The quantitative estimate of drug-likeness (QED) is 0.788. The van der Waals surface area contributed by atoms with E-state index in [2.05, 4.69) is 4.74 Å². The van der Waals surface area contributed by atoms with Crippen molar-refractivity contribution in [3.05, 3.63) is 27.7 Å². The predicted molar refractivity (Wildman–Crippen MR) is 59.2 cm³/mol. The molecule has 0 saturated heterocycles. The van der Waals surface area contributed by atoms with Gasteiger partial charge in [0.05, 0.1) is 13.7 Å². The number of nitrogens with zero attached hydrogens (tertiary/aromatic N) is 1. The zero-order chi connectivity index (χ0) is 14.8. The van der Waals surface area contributed by atoms with Crippen LogP contribution in [0.5, 0.6) is 5.75 Å². The summed E-state index contributed by atoms with van der Waals surface area (Å²) in [7, 11) is 2.04. The number of rotatable bonds is 3. The Morgan fingerprint density at radius 2 is 2.00 bits per heavy atom. The highest BCUT2D eigenvalue weighted by molar-refractivity contribution is 5.92. The molecule has 0 aliphatic carbocycles. The second-order valence-electron chi connectivity index (χ2n) is 3.56. The minimum atomic E-state index is -4.76. The summed E-state index contributed by atoms with van der Waals surface area (Å²) in [4.78, 5) is 23.3. The van der Waals surface area contributed by atoms with Crippen molar-refractivity contribution in [3.63, 3.8) is 0 Å². The van der Waals surface area contributed by atoms with Gasteiger partial charge >= 0.3 is 12.1 Å². The maximum absolute atomic E-state index is 12.7. The summed E-state index contributed by atoms with van der Waals surface area (Å²) in [6, 6.07) is 0.540. The van der Waals surface area contributed by atoms with Crippen molar-refractivity contribution in [2.45, 2.75) is 13.1 Å². The lowest BCUT2D eigenvalue weighted by atomic mass is 10.2. The van der Waals surface area contributed by atoms with E-state index >= 15 is 0 Å². The fourth-order valence-electron chi connectivity index (χ4n) is 1.51. The van der Waals surface area contributed by atoms with Gasteiger partial charge in [-0.15, -0.1) is 0 Å². The van der Waals surface area contributed by atoms with Gasteiger partial charge in [-0.25, -0.2) is 4.79 Å². The molecule has 1 heterocycles. The smallest absolute Gasteiger partial charge is 0.431 e. The van der Waals surface area contributed by atoms with E-state index in [1.165, 1.54) is 6.92 Å². The number of alkyl halides is 3. The number of hydrogen-bond donors (Lipinski definition) is 0. The third kappa shape index (κ3) is 2.88. The zero-order valence-electron chi connectivity index (χ0n) is 10.5. The van der Waals surface area contributed by atoms with Crippen molar-refractivity contribution in [1.29, 1.82) is 0 Å². The van der Waals surface area contributed by atoms with E-state index in [0.717, 1.165) is 14.2 Å². The highest BCUT2D eigenvalue weighted by atomic mass is 19.4. The molecule has 0 amide bonds. The van der Waals surface area contributed by atoms with Gasteiger partial charge < -0.3 is 14.0 Å². The summed E-state index contributed by atoms with van der Waals surface area (Å²) in [5.74, 6) is -1.52. The maximum atomic E-state index is 12.7. The Balaban J connectivity index is 3.58. The van der Waals surface area contributed by atoms with Crippen LogP contribution >= 0.6 is 0 Å². The number of carbonyl (C=O) groups is 1. The first-order valence-electron chi connectivity index (χ1n) is 5.26. The molecule has 0 N–H and O–H groups in total. The van der Waals surface area contributed by atoms with E-state index in [0.29, 0.717) is 10.6 Å². The number of ether oxygens (including phenoxy) is 2. The average Bonchev–Trinajstić information content (AvgIpc) is 2.30. The van der Waals surface area contributed by atoms with Gasteiger partial charge in [0.25, 0.3) is 5.56 Å². The molecule has 5 nitrogen and oxygen atoms in total. The van der Waals surface area contributed by atoms with Crippen molar-refractivity contribution in [2.75, 3.05) is 13.7 Å². The third-order valence-electron chi connectivity index (χ3n) is 2.38. The number of esters is 1. The van der Waals surface area contributed by atoms with Crippen LogP contribution in [0.4, 0.5) is 13.2 Å². The van der Waals surface area contributed by atoms with Crippen molar-refractivity contribution < 1.29 is 27.4 Å². The van der Waals surface area contributed by atoms with Crippen LogP contribution in [0.1, 0.15) is 23.0 Å². The number of methoxy groups -OCH3 is 1. The Labute approximate surface area is 106 Å². The molecule has 0 aliphatic rings. The molecule has 0 fully saturated rings. The first kappa shape index (κ1) is 15.1. The van der Waals surface area contributed by atoms with E-state index in [9.17, 15) is 22.8 Å². The van der Waals surface area contributed by atoms with Gasteiger partial charge in [0.15, 0.2) is 5.75 Å². The van der Waals surface area contributed by atoms with Gasteiger partial charge in [-0.05, 0) is 13.0 Å². The van der Waals surface area contributed by atoms with Crippen LogP contribution in [-0.4, -0.2) is 24.3 Å². The molecule has 0 bridgehead atoms. The molecule has 1 rings (SSSR count). The third-order valence-corrected chi connectivity index (χ3v) is 2.38. The second kappa shape index (κ2) is 5.33. The lowest BCUT2D eigenvalue weighted by Crippen LogP contribution is -2.29. The molecular weight excluding hydrogens is 267 g/mol. The lowest BCUT2D eigenvalue weighted by Gasteiger charge is -2.15. The van der Waals surface area contributed by atoms with Crippen LogP contribution in [0.15, 0.2) is 10.9 Å². The van der Waals surface area contributed by atoms with Crippen LogP contribution in [0.3, 0.4) is 0 Å². The highest BCUT2D eigenvalue weighted by Crippen LogP contribution is 2.30. The fraction of sp³-hybridized carbons (Fsp3) is 0.455. The van der Waals surface area contributed by atoms with E-state index in [-0.39, 0.29) is 6.61 Å². The maximum Gasteiger partial charge on any atom is 0.431 e. The van der Waals surface area contributed by atoms with Crippen LogP contribution in [0, 0.1) is 0 Å². The van der Waals surface area contributed by atoms with Crippen molar-refractivity contribution in [2.24, 2.45) is 7.05 Å². The molecule has 8 heteroatoms. The topological polar surface area (TPSA) is 57.5 Å². The Morgan fingerprint density at radius 3 is 2.42 bits per heavy atom. The van der Waals surface area contributed by atoms with Crippen molar-refractivity contribution in [1.82, 2.24) is 4.57 Å². The van der Waals surface area contributed by atoms with Crippen molar-refractivity contribution >= 4 is 5.97 Å². The van der Waals surface area contributed by atoms with Gasteiger partial charge in [0.2, 0.25) is 0 Å². The molecule has 19 heavy (non-hydrogen) atoms. The Bertz CT molecular complexity index is 548. The van der Waals surface area contributed by atoms with Crippen molar-refractivity contribution in [3.8, 4) is 5.75 Å². The number of halogens is 3. The molecule has 0 unspecified atom stereocenters. The Morgan fingerprint density at radius 1 is 1.42 bits per heavy atom.